The summed E-state index contributed by atoms with van der Waals surface area (Å²) in [6.07, 6.45) is 1.76. The largest absolute Gasteiger partial charge is 0.487 e. The molecule has 2 unspecified atom stereocenters. The Morgan fingerprint density at radius 2 is 1.97 bits per heavy atom. The molecule has 3 aromatic rings. The predicted octanol–water partition coefficient (Wildman–Crippen LogP) is 1.66. The predicted molar refractivity (Wildman–Crippen MR) is 119 cm³/mol. The third kappa shape index (κ3) is 4.15. The number of fused-ring (bicyclic) bond motifs is 1. The summed E-state index contributed by atoms with van der Waals surface area (Å²) < 4.78 is 7.36. The van der Waals surface area contributed by atoms with E-state index in [-0.39, 0.29) is 24.8 Å². The number of aromatic nitrogens is 3. The molecule has 10 heteroatoms. The number of aliphatic hydroxyl groups is 1. The fraction of sp³-hybridized carbons (Fsp3) is 0.292. The van der Waals surface area contributed by atoms with Crippen molar-refractivity contribution < 1.29 is 24.2 Å². The van der Waals surface area contributed by atoms with Gasteiger partial charge in [0.05, 0.1) is 18.0 Å². The van der Waals surface area contributed by atoms with Crippen molar-refractivity contribution in [2.24, 2.45) is 0 Å². The molecule has 0 aliphatic carbocycles. The Bertz CT molecular complexity index is 1270. The van der Waals surface area contributed by atoms with Crippen LogP contribution in [0.4, 0.5) is 0 Å². The zero-order valence-corrected chi connectivity index (χ0v) is 18.5. The van der Waals surface area contributed by atoms with Gasteiger partial charge in [-0.25, -0.2) is 4.68 Å². The molecule has 1 aromatic heterocycles. The number of piperidine rings is 1. The molecule has 0 spiro atoms. The number of hydrogen-bond acceptors (Lipinski definition) is 7. The molecule has 2 atom stereocenters. The van der Waals surface area contributed by atoms with Crippen LogP contribution in [0, 0.1) is 0 Å². The minimum atomic E-state index is -0.647. The van der Waals surface area contributed by atoms with E-state index in [0.29, 0.717) is 30.0 Å². The zero-order valence-electron chi connectivity index (χ0n) is 18.5. The first kappa shape index (κ1) is 21.8. The Morgan fingerprint density at radius 1 is 1.18 bits per heavy atom. The van der Waals surface area contributed by atoms with Crippen molar-refractivity contribution in [3.8, 4) is 11.4 Å². The summed E-state index contributed by atoms with van der Waals surface area (Å²) in [5.74, 6) is -0.302. The molecular weight excluding hydrogens is 438 g/mol. The number of nitrogens with one attached hydrogen (secondary N) is 1. The third-order valence-electron chi connectivity index (χ3n) is 6.06. The average Bonchev–Trinajstić information content (AvgIpc) is 3.42. The molecule has 3 amide bonds. The maximum atomic E-state index is 12.8. The van der Waals surface area contributed by atoms with Crippen molar-refractivity contribution in [1.29, 1.82) is 0 Å². The van der Waals surface area contributed by atoms with Crippen molar-refractivity contribution in [1.82, 2.24) is 25.2 Å². The summed E-state index contributed by atoms with van der Waals surface area (Å²) in [6.45, 7) is 2.22. The number of rotatable bonds is 6. The van der Waals surface area contributed by atoms with Gasteiger partial charge in [-0.2, -0.15) is 0 Å². The van der Waals surface area contributed by atoms with Gasteiger partial charge in [0.2, 0.25) is 11.8 Å². The molecular formula is C24H23N5O5. The first-order valence-electron chi connectivity index (χ1n) is 11.0. The second-order valence-electron chi connectivity index (χ2n) is 8.43. The molecule has 3 heterocycles. The van der Waals surface area contributed by atoms with Crippen LogP contribution in [0.15, 0.2) is 48.7 Å². The van der Waals surface area contributed by atoms with Crippen LogP contribution in [0.25, 0.3) is 5.69 Å². The monoisotopic (exact) mass is 461 g/mol. The van der Waals surface area contributed by atoms with Gasteiger partial charge >= 0.3 is 0 Å². The van der Waals surface area contributed by atoms with Crippen molar-refractivity contribution in [3.63, 3.8) is 0 Å². The van der Waals surface area contributed by atoms with E-state index >= 15 is 0 Å². The minimum Gasteiger partial charge on any atom is -0.487 e. The van der Waals surface area contributed by atoms with E-state index in [1.165, 1.54) is 4.90 Å². The molecule has 34 heavy (non-hydrogen) atoms. The Kier molecular flexibility index (Phi) is 5.58. The highest BCUT2D eigenvalue weighted by atomic mass is 16.5. The van der Waals surface area contributed by atoms with E-state index in [4.69, 9.17) is 4.74 Å². The normalized spacial score (nSPS) is 18.6. The lowest BCUT2D eigenvalue weighted by Crippen LogP contribution is -2.52. The molecule has 10 nitrogen and oxygen atoms in total. The molecule has 2 aromatic carbocycles. The van der Waals surface area contributed by atoms with Crippen molar-refractivity contribution >= 4 is 17.7 Å². The third-order valence-corrected chi connectivity index (χ3v) is 6.06. The second-order valence-corrected chi connectivity index (χ2v) is 8.43. The zero-order chi connectivity index (χ0) is 23.8. The van der Waals surface area contributed by atoms with Crippen LogP contribution in [0.5, 0.6) is 5.75 Å². The van der Waals surface area contributed by atoms with Gasteiger partial charge in [0.25, 0.3) is 5.91 Å². The van der Waals surface area contributed by atoms with Gasteiger partial charge < -0.3 is 14.7 Å². The van der Waals surface area contributed by atoms with Crippen molar-refractivity contribution in [2.45, 2.75) is 45.1 Å². The van der Waals surface area contributed by atoms with E-state index in [9.17, 15) is 19.5 Å². The van der Waals surface area contributed by atoms with E-state index in [1.54, 1.807) is 54.2 Å². The summed E-state index contributed by atoms with van der Waals surface area (Å²) in [5, 5.41) is 20.2. The molecule has 2 aliphatic heterocycles. The highest BCUT2D eigenvalue weighted by molar-refractivity contribution is 6.05. The van der Waals surface area contributed by atoms with E-state index in [1.807, 2.05) is 6.07 Å². The quantitative estimate of drug-likeness (QED) is 0.535. The Morgan fingerprint density at radius 3 is 2.71 bits per heavy atom. The number of ether oxygens (including phenoxy) is 1. The van der Waals surface area contributed by atoms with Crippen LogP contribution in [-0.2, 0) is 22.7 Å². The first-order valence-corrected chi connectivity index (χ1v) is 11.0. The van der Waals surface area contributed by atoms with Crippen LogP contribution in [0.1, 0.15) is 53.0 Å². The maximum absolute atomic E-state index is 12.8. The molecule has 5 rings (SSSR count). The number of carbonyl (C=O) groups excluding carboxylic acids is 3. The summed E-state index contributed by atoms with van der Waals surface area (Å²) in [7, 11) is 0. The number of nitrogens with zero attached hydrogens (tertiary/aromatic N) is 4. The first-order chi connectivity index (χ1) is 16.4. The van der Waals surface area contributed by atoms with Crippen LogP contribution < -0.4 is 10.1 Å². The fourth-order valence-corrected chi connectivity index (χ4v) is 4.19. The number of imide groups is 1. The van der Waals surface area contributed by atoms with Gasteiger partial charge in [0.15, 0.2) is 0 Å². The molecule has 174 valence electrons. The highest BCUT2D eigenvalue weighted by Gasteiger charge is 2.39. The summed E-state index contributed by atoms with van der Waals surface area (Å²) >= 11 is 0. The number of hydrogen-bond donors (Lipinski definition) is 2. The van der Waals surface area contributed by atoms with Crippen LogP contribution in [-0.4, -0.2) is 48.8 Å². The van der Waals surface area contributed by atoms with E-state index in [0.717, 1.165) is 16.8 Å². The van der Waals surface area contributed by atoms with Gasteiger partial charge in [-0.1, -0.05) is 17.3 Å². The maximum Gasteiger partial charge on any atom is 0.255 e. The average molecular weight is 461 g/mol. The Hall–Kier alpha value is -4.05. The smallest absolute Gasteiger partial charge is 0.255 e. The molecule has 0 saturated carbocycles. The molecule has 0 bridgehead atoms. The second kappa shape index (κ2) is 8.71. The van der Waals surface area contributed by atoms with Gasteiger partial charge in [0.1, 0.15) is 24.1 Å². The Labute approximate surface area is 195 Å². The SMILES string of the molecule is CC(O)c1ccc(OCc2cn(-c3ccc4c(c3)CN(C3CCC(=O)NC3=O)C4=O)nn2)cc1. The van der Waals surface area contributed by atoms with Gasteiger partial charge in [0, 0.05) is 18.5 Å². The van der Waals surface area contributed by atoms with E-state index in [2.05, 4.69) is 15.6 Å². The van der Waals surface area contributed by atoms with Gasteiger partial charge in [-0.05, 0) is 54.8 Å². The van der Waals surface area contributed by atoms with Gasteiger partial charge in [-0.3, -0.25) is 19.7 Å². The summed E-state index contributed by atoms with van der Waals surface area (Å²) in [6, 6.07) is 11.9. The summed E-state index contributed by atoms with van der Waals surface area (Å²) in [4.78, 5) is 38.0. The van der Waals surface area contributed by atoms with Crippen LogP contribution in [0.2, 0.25) is 0 Å². The van der Waals surface area contributed by atoms with Gasteiger partial charge in [-0.15, -0.1) is 5.10 Å². The standard InChI is InChI=1S/C24H23N5O5/c1-14(30)15-2-5-19(6-3-15)34-13-17-12-29(27-26-17)18-4-7-20-16(10-18)11-28(24(20)33)21-8-9-22(31)25-23(21)32/h2-7,10,12,14,21,30H,8-9,11,13H2,1H3,(H,25,31,32). The van der Waals surface area contributed by atoms with Crippen LogP contribution >= 0.6 is 0 Å². The lowest BCUT2D eigenvalue weighted by molar-refractivity contribution is -0.136. The lowest BCUT2D eigenvalue weighted by Gasteiger charge is -2.29. The molecule has 1 fully saturated rings. The minimum absolute atomic E-state index is 0.217. The van der Waals surface area contributed by atoms with Crippen molar-refractivity contribution in [2.75, 3.05) is 0 Å². The topological polar surface area (TPSA) is 127 Å². The number of amides is 3. The number of aliphatic hydroxyl groups excluding tert-OH is 1. The lowest BCUT2D eigenvalue weighted by atomic mass is 10.0. The molecule has 2 aliphatic rings. The molecule has 0 radical (unpaired) electrons. The summed E-state index contributed by atoms with van der Waals surface area (Å²) in [5.41, 5.74) is 3.50. The Balaban J connectivity index is 1.26. The van der Waals surface area contributed by atoms with Crippen molar-refractivity contribution in [3.05, 3.63) is 71.0 Å². The number of benzene rings is 2. The number of carbonyl (C=O) groups is 3. The molecule has 2 N–H and O–H groups in total. The fourth-order valence-electron chi connectivity index (χ4n) is 4.19. The van der Waals surface area contributed by atoms with Crippen LogP contribution in [0.3, 0.4) is 0 Å². The van der Waals surface area contributed by atoms with E-state index < -0.39 is 18.1 Å². The molecule has 1 saturated heterocycles. The highest BCUT2D eigenvalue weighted by Crippen LogP contribution is 2.29.